The zero-order chi connectivity index (χ0) is 12.7. The first-order valence-electron chi connectivity index (χ1n) is 5.74. The lowest BCUT2D eigenvalue weighted by atomic mass is 10.7. The van der Waals surface area contributed by atoms with E-state index < -0.39 is 7.52 Å². The molecule has 1 atom stereocenters. The number of hydrogen-bond donors (Lipinski definition) is 2. The second-order valence-electron chi connectivity index (χ2n) is 2.28. The van der Waals surface area contributed by atoms with Crippen LogP contribution in [0.25, 0.3) is 0 Å². The van der Waals surface area contributed by atoms with E-state index in [0.29, 0.717) is 13.2 Å². The van der Waals surface area contributed by atoms with Crippen molar-refractivity contribution in [3.63, 3.8) is 0 Å². The Kier molecular flexibility index (Phi) is 22.6. The van der Waals surface area contributed by atoms with Gasteiger partial charge in [0.1, 0.15) is 0 Å². The molecular weight excluding hydrogens is 211 g/mol. The van der Waals surface area contributed by atoms with Crippen LogP contribution >= 0.6 is 7.52 Å². The van der Waals surface area contributed by atoms with Crippen molar-refractivity contribution in [2.24, 2.45) is 0 Å². The molecule has 96 valence electrons. The van der Waals surface area contributed by atoms with Crippen LogP contribution in [0.3, 0.4) is 0 Å². The van der Waals surface area contributed by atoms with Crippen LogP contribution < -0.4 is 10.4 Å². The van der Waals surface area contributed by atoms with Gasteiger partial charge in [-0.25, -0.2) is 5.09 Å². The minimum Gasteiger partial charge on any atom is -0.318 e. The van der Waals surface area contributed by atoms with Gasteiger partial charge < -0.3 is 9.84 Å². The monoisotopic (exact) mass is 240 g/mol. The molecule has 0 aliphatic rings. The third-order valence-electron chi connectivity index (χ3n) is 1.15. The predicted molar refractivity (Wildman–Crippen MR) is 69.8 cm³/mol. The van der Waals surface area contributed by atoms with Gasteiger partial charge in [0.2, 0.25) is 0 Å². The molecule has 5 heteroatoms. The van der Waals surface area contributed by atoms with Crippen molar-refractivity contribution in [2.45, 2.75) is 34.6 Å². The Bertz CT molecular complexity index is 143. The lowest BCUT2D eigenvalue weighted by Gasteiger charge is -2.13. The van der Waals surface area contributed by atoms with Gasteiger partial charge in [-0.2, -0.15) is 0 Å². The molecule has 0 aromatic rings. The molecule has 0 spiro atoms. The molecule has 4 nitrogen and oxygen atoms in total. The first kappa shape index (κ1) is 20.5. The van der Waals surface area contributed by atoms with E-state index in [1.165, 1.54) is 0 Å². The number of rotatable bonds is 6. The zero-order valence-corrected chi connectivity index (χ0v) is 12.3. The van der Waals surface area contributed by atoms with Crippen molar-refractivity contribution in [2.75, 3.05) is 33.4 Å². The Labute approximate surface area is 95.7 Å². The normalized spacial score (nSPS) is 12.7. The van der Waals surface area contributed by atoms with E-state index in [1.807, 2.05) is 41.7 Å². The summed E-state index contributed by atoms with van der Waals surface area (Å²) in [7, 11) is -0.662. The summed E-state index contributed by atoms with van der Waals surface area (Å²) in [5.74, 6) is 0. The van der Waals surface area contributed by atoms with Crippen LogP contribution in [0.5, 0.6) is 0 Å². The highest BCUT2D eigenvalue weighted by Gasteiger charge is 2.11. The SMILES string of the molecule is CC.CC.CCOP(C)(=O)NCCNC. The molecule has 0 aliphatic heterocycles. The highest BCUT2D eigenvalue weighted by molar-refractivity contribution is 7.56. The van der Waals surface area contributed by atoms with E-state index in [4.69, 9.17) is 4.52 Å². The lowest BCUT2D eigenvalue weighted by molar-refractivity contribution is 0.329. The summed E-state index contributed by atoms with van der Waals surface area (Å²) in [5.41, 5.74) is 0. The molecule has 0 aromatic heterocycles. The second kappa shape index (κ2) is 16.5. The second-order valence-corrected chi connectivity index (χ2v) is 4.54. The standard InChI is InChI=1S/C6H17N2O2P.2C2H6/c1-4-10-11(3,9)8-6-5-7-2;2*1-2/h7H,4-6H2,1-3H3,(H,8,9);2*1-2H3. The Morgan fingerprint density at radius 3 is 1.93 bits per heavy atom. The van der Waals surface area contributed by atoms with Crippen LogP contribution in [-0.2, 0) is 9.09 Å². The van der Waals surface area contributed by atoms with E-state index in [9.17, 15) is 4.57 Å². The summed E-state index contributed by atoms with van der Waals surface area (Å²) in [6, 6.07) is 0. The largest absolute Gasteiger partial charge is 0.318 e. The van der Waals surface area contributed by atoms with E-state index in [2.05, 4.69) is 10.4 Å². The first-order chi connectivity index (χ1) is 7.12. The summed E-state index contributed by atoms with van der Waals surface area (Å²) in [4.78, 5) is 0. The molecule has 0 bridgehead atoms. The summed E-state index contributed by atoms with van der Waals surface area (Å²) in [6.45, 7) is 13.4. The maximum absolute atomic E-state index is 11.3. The van der Waals surface area contributed by atoms with Crippen LogP contribution in [0.2, 0.25) is 0 Å². The molecule has 0 saturated heterocycles. The molecule has 0 saturated carbocycles. The third kappa shape index (κ3) is 20.2. The molecule has 0 rings (SSSR count). The third-order valence-corrected chi connectivity index (χ3v) is 2.70. The maximum atomic E-state index is 11.3. The van der Waals surface area contributed by atoms with Gasteiger partial charge in [-0.1, -0.05) is 27.7 Å². The van der Waals surface area contributed by atoms with Crippen molar-refractivity contribution in [3.05, 3.63) is 0 Å². The van der Waals surface area contributed by atoms with Gasteiger partial charge in [0, 0.05) is 19.8 Å². The van der Waals surface area contributed by atoms with Gasteiger partial charge in [-0.15, -0.1) is 0 Å². The minimum atomic E-state index is -2.51. The van der Waals surface area contributed by atoms with Crippen LogP contribution in [-0.4, -0.2) is 33.4 Å². The average Bonchev–Trinajstić information content (AvgIpc) is 2.24. The van der Waals surface area contributed by atoms with Gasteiger partial charge in [0.15, 0.2) is 0 Å². The highest BCUT2D eigenvalue weighted by Crippen LogP contribution is 2.36. The van der Waals surface area contributed by atoms with Crippen molar-refractivity contribution in [1.82, 2.24) is 10.4 Å². The maximum Gasteiger partial charge on any atom is 0.266 e. The number of hydrogen-bond acceptors (Lipinski definition) is 3. The van der Waals surface area contributed by atoms with Crippen molar-refractivity contribution >= 4 is 7.52 Å². The first-order valence-corrected chi connectivity index (χ1v) is 7.81. The van der Waals surface area contributed by atoms with Crippen LogP contribution in [0, 0.1) is 0 Å². The number of nitrogens with one attached hydrogen (secondary N) is 2. The van der Waals surface area contributed by atoms with Gasteiger partial charge in [0.25, 0.3) is 7.52 Å². The van der Waals surface area contributed by atoms with E-state index in [-0.39, 0.29) is 0 Å². The molecule has 0 radical (unpaired) electrons. The molecular formula is C10H29N2O2P. The molecule has 1 unspecified atom stereocenters. The van der Waals surface area contributed by atoms with Gasteiger partial charge in [0.05, 0.1) is 6.61 Å². The van der Waals surface area contributed by atoms with Crippen molar-refractivity contribution in [1.29, 1.82) is 0 Å². The summed E-state index contributed by atoms with van der Waals surface area (Å²) < 4.78 is 16.3. The molecule has 2 N–H and O–H groups in total. The number of likely N-dealkylation sites (N-methyl/N-ethyl adjacent to an activating group) is 1. The summed E-state index contributed by atoms with van der Waals surface area (Å²) >= 11 is 0. The van der Waals surface area contributed by atoms with Crippen LogP contribution in [0.15, 0.2) is 0 Å². The molecule has 0 heterocycles. The fourth-order valence-electron chi connectivity index (χ4n) is 0.676. The van der Waals surface area contributed by atoms with Crippen molar-refractivity contribution in [3.8, 4) is 0 Å². The molecule has 0 aliphatic carbocycles. The van der Waals surface area contributed by atoms with E-state index >= 15 is 0 Å². The smallest absolute Gasteiger partial charge is 0.266 e. The van der Waals surface area contributed by atoms with Crippen LogP contribution in [0.1, 0.15) is 34.6 Å². The van der Waals surface area contributed by atoms with E-state index in [0.717, 1.165) is 6.54 Å². The fraction of sp³-hybridized carbons (Fsp3) is 1.00. The lowest BCUT2D eigenvalue weighted by Crippen LogP contribution is -2.23. The Morgan fingerprint density at radius 1 is 1.13 bits per heavy atom. The highest BCUT2D eigenvalue weighted by atomic mass is 31.2. The van der Waals surface area contributed by atoms with Crippen LogP contribution in [0.4, 0.5) is 0 Å². The summed E-state index contributed by atoms with van der Waals surface area (Å²) in [6.07, 6.45) is 0. The van der Waals surface area contributed by atoms with Crippen molar-refractivity contribution < 1.29 is 9.09 Å². The Hall–Kier alpha value is 0.110. The zero-order valence-electron chi connectivity index (χ0n) is 11.4. The Balaban J connectivity index is -0.000000318. The molecule has 0 amide bonds. The minimum absolute atomic E-state index is 0.486. The van der Waals surface area contributed by atoms with Gasteiger partial charge in [-0.05, 0) is 14.0 Å². The molecule has 15 heavy (non-hydrogen) atoms. The topological polar surface area (TPSA) is 50.4 Å². The predicted octanol–water partition coefficient (Wildman–Crippen LogP) is 2.71. The quantitative estimate of drug-likeness (QED) is 0.553. The van der Waals surface area contributed by atoms with Gasteiger partial charge in [-0.3, -0.25) is 4.57 Å². The Morgan fingerprint density at radius 2 is 1.60 bits per heavy atom. The molecule has 0 aromatic carbocycles. The summed E-state index contributed by atoms with van der Waals surface area (Å²) in [5, 5.41) is 5.77. The fourth-order valence-corrected chi connectivity index (χ4v) is 1.78. The molecule has 0 fully saturated rings. The van der Waals surface area contributed by atoms with E-state index in [1.54, 1.807) is 6.66 Å². The van der Waals surface area contributed by atoms with Gasteiger partial charge >= 0.3 is 0 Å². The average molecular weight is 240 g/mol.